The van der Waals surface area contributed by atoms with Gasteiger partial charge in [0, 0.05) is 18.0 Å². The van der Waals surface area contributed by atoms with Crippen molar-refractivity contribution < 1.29 is 0 Å². The molecule has 1 aliphatic carbocycles. The van der Waals surface area contributed by atoms with E-state index in [0.29, 0.717) is 11.6 Å². The van der Waals surface area contributed by atoms with Crippen molar-refractivity contribution in [1.29, 1.82) is 0 Å². The highest BCUT2D eigenvalue weighted by molar-refractivity contribution is 5.78. The van der Waals surface area contributed by atoms with Crippen LogP contribution in [0.4, 0.5) is 11.5 Å². The Hall–Kier alpha value is -2.11. The smallest absolute Gasteiger partial charge is 0.161 e. The van der Waals surface area contributed by atoms with Crippen molar-refractivity contribution >= 4 is 23.4 Å². The van der Waals surface area contributed by atoms with Crippen LogP contribution in [0.2, 0.25) is 0 Å². The van der Waals surface area contributed by atoms with Crippen LogP contribution in [-0.2, 0) is 0 Å². The molecule has 1 fully saturated rings. The van der Waals surface area contributed by atoms with Crippen molar-refractivity contribution in [2.45, 2.75) is 46.1 Å². The van der Waals surface area contributed by atoms with E-state index in [4.69, 9.17) is 5.73 Å². The fourth-order valence-corrected chi connectivity index (χ4v) is 2.66. The fourth-order valence-electron chi connectivity index (χ4n) is 2.66. The number of allylic oxidation sites excluding steroid dienone is 1. The van der Waals surface area contributed by atoms with Crippen molar-refractivity contribution in [3.8, 4) is 0 Å². The topological polar surface area (TPSA) is 88.2 Å². The summed E-state index contributed by atoms with van der Waals surface area (Å²) in [5, 5.41) is 6.56. The number of nitrogens with two attached hydrogens (primary N) is 1. The van der Waals surface area contributed by atoms with Crippen molar-refractivity contribution in [3.63, 3.8) is 0 Å². The van der Waals surface area contributed by atoms with E-state index in [-0.39, 0.29) is 6.04 Å². The second kappa shape index (κ2) is 5.94. The molecule has 1 saturated carbocycles. The number of anilines is 2. The minimum absolute atomic E-state index is 0.162. The maximum Gasteiger partial charge on any atom is 0.161 e. The van der Waals surface area contributed by atoms with E-state index >= 15 is 0 Å². The Bertz CT molecular complexity index is 630. The van der Waals surface area contributed by atoms with Gasteiger partial charge in [-0.05, 0) is 33.1 Å². The molecule has 118 valence electrons. The molecular formula is C16H24N6. The van der Waals surface area contributed by atoms with Crippen molar-refractivity contribution in [2.75, 3.05) is 17.6 Å². The van der Waals surface area contributed by atoms with Crippen LogP contribution in [-0.4, -0.2) is 28.9 Å². The van der Waals surface area contributed by atoms with Crippen LogP contribution < -0.4 is 16.4 Å². The lowest BCUT2D eigenvalue weighted by molar-refractivity contribution is 0.779. The van der Waals surface area contributed by atoms with Crippen LogP contribution >= 0.6 is 0 Å². The molecule has 0 radical (unpaired) electrons. The molecule has 2 heterocycles. The Morgan fingerprint density at radius 3 is 2.82 bits per heavy atom. The maximum absolute atomic E-state index is 6.11. The summed E-state index contributed by atoms with van der Waals surface area (Å²) in [7, 11) is 0. The van der Waals surface area contributed by atoms with Gasteiger partial charge in [0.15, 0.2) is 11.6 Å². The first-order chi connectivity index (χ1) is 10.6. The molecule has 0 spiro atoms. The normalized spacial score (nSPS) is 21.0. The number of nitrogen functional groups attached to an aromatic ring is 1. The molecule has 2 aliphatic rings. The first kappa shape index (κ1) is 14.8. The fraction of sp³-hybridized carbons (Fsp3) is 0.562. The Kier molecular flexibility index (Phi) is 4.00. The third-order valence-corrected chi connectivity index (χ3v) is 4.12. The van der Waals surface area contributed by atoms with Gasteiger partial charge in [0.2, 0.25) is 0 Å². The minimum atomic E-state index is 0.162. The predicted molar refractivity (Wildman–Crippen MR) is 90.7 cm³/mol. The van der Waals surface area contributed by atoms with Gasteiger partial charge in [0.25, 0.3) is 0 Å². The quantitative estimate of drug-likeness (QED) is 0.776. The number of aromatic nitrogens is 2. The molecule has 0 saturated heterocycles. The van der Waals surface area contributed by atoms with Crippen LogP contribution in [0.5, 0.6) is 0 Å². The molecule has 1 unspecified atom stereocenters. The second-order valence-corrected chi connectivity index (χ2v) is 6.04. The van der Waals surface area contributed by atoms with Gasteiger partial charge in [-0.15, -0.1) is 0 Å². The van der Waals surface area contributed by atoms with Crippen LogP contribution in [0.1, 0.15) is 44.6 Å². The van der Waals surface area contributed by atoms with Gasteiger partial charge >= 0.3 is 0 Å². The monoisotopic (exact) mass is 300 g/mol. The molecule has 0 amide bonds. The van der Waals surface area contributed by atoms with E-state index < -0.39 is 0 Å². The summed E-state index contributed by atoms with van der Waals surface area (Å²) in [6, 6.07) is 0.162. The highest BCUT2D eigenvalue weighted by Gasteiger charge is 2.33. The van der Waals surface area contributed by atoms with Gasteiger partial charge in [-0.1, -0.05) is 6.92 Å². The zero-order valence-electron chi connectivity index (χ0n) is 13.5. The lowest BCUT2D eigenvalue weighted by atomic mass is 10.0. The summed E-state index contributed by atoms with van der Waals surface area (Å²) < 4.78 is 0. The number of hydrogen-bond donors (Lipinski definition) is 3. The van der Waals surface area contributed by atoms with E-state index in [9.17, 15) is 0 Å². The molecule has 6 nitrogen and oxygen atoms in total. The second-order valence-electron chi connectivity index (χ2n) is 6.04. The minimum Gasteiger partial charge on any atom is -0.394 e. The average Bonchev–Trinajstić information content (AvgIpc) is 3.33. The third kappa shape index (κ3) is 2.77. The highest BCUT2D eigenvalue weighted by atomic mass is 15.1. The molecule has 6 heteroatoms. The average molecular weight is 300 g/mol. The number of aryl methyl sites for hydroxylation is 1. The third-order valence-electron chi connectivity index (χ3n) is 4.12. The molecule has 1 aromatic rings. The zero-order valence-corrected chi connectivity index (χ0v) is 13.5. The Labute approximate surface area is 131 Å². The molecule has 0 aromatic carbocycles. The summed E-state index contributed by atoms with van der Waals surface area (Å²) in [6.45, 7) is 7.02. The van der Waals surface area contributed by atoms with Gasteiger partial charge in [-0.25, -0.2) is 15.0 Å². The van der Waals surface area contributed by atoms with Gasteiger partial charge in [-0.3, -0.25) is 0 Å². The van der Waals surface area contributed by atoms with Crippen molar-refractivity contribution in [3.05, 3.63) is 17.2 Å². The van der Waals surface area contributed by atoms with Crippen LogP contribution in [0, 0.1) is 12.8 Å². The van der Waals surface area contributed by atoms with Crippen molar-refractivity contribution in [2.24, 2.45) is 10.9 Å². The Balaban J connectivity index is 2.06. The van der Waals surface area contributed by atoms with E-state index in [2.05, 4.69) is 39.4 Å². The lowest BCUT2D eigenvalue weighted by Gasteiger charge is -2.23. The van der Waals surface area contributed by atoms with Gasteiger partial charge in [0.05, 0.1) is 29.5 Å². The first-order valence-electron chi connectivity index (χ1n) is 8.02. The van der Waals surface area contributed by atoms with E-state index in [0.717, 1.165) is 41.6 Å². The lowest BCUT2D eigenvalue weighted by Crippen LogP contribution is -2.31. The van der Waals surface area contributed by atoms with Gasteiger partial charge < -0.3 is 16.4 Å². The molecule has 1 aliphatic heterocycles. The molecule has 4 N–H and O–H groups in total. The van der Waals surface area contributed by atoms with Crippen LogP contribution in [0.25, 0.3) is 5.57 Å². The van der Waals surface area contributed by atoms with Crippen molar-refractivity contribution in [1.82, 2.24) is 15.3 Å². The van der Waals surface area contributed by atoms with Gasteiger partial charge in [-0.2, -0.15) is 0 Å². The summed E-state index contributed by atoms with van der Waals surface area (Å²) in [5.74, 6) is 2.03. The van der Waals surface area contributed by atoms with E-state index in [1.807, 2.05) is 6.92 Å². The predicted octanol–water partition coefficient (Wildman–Crippen LogP) is 2.33. The Morgan fingerprint density at radius 2 is 2.14 bits per heavy atom. The zero-order chi connectivity index (χ0) is 15.7. The number of nitrogens with zero attached hydrogens (tertiary/aromatic N) is 3. The summed E-state index contributed by atoms with van der Waals surface area (Å²) in [5.41, 5.74) is 9.80. The van der Waals surface area contributed by atoms with E-state index in [1.165, 1.54) is 12.8 Å². The largest absolute Gasteiger partial charge is 0.394 e. The molecular weight excluding hydrogens is 276 g/mol. The van der Waals surface area contributed by atoms with Crippen LogP contribution in [0.3, 0.4) is 0 Å². The molecule has 3 rings (SSSR count). The molecule has 0 bridgehead atoms. The molecule has 22 heavy (non-hydrogen) atoms. The number of aliphatic imine (C=N–C) groups is 1. The molecule has 1 aromatic heterocycles. The highest BCUT2D eigenvalue weighted by Crippen LogP contribution is 2.42. The standard InChI is InChI=1S/C16H24N6/c1-4-7-18-16-13(17)10(3)21-15(22-16)12-9(2)19-8-20-14(12)11-5-6-11/h8-9,11H,4-7,17H2,1-3H3,(H,19,20)(H,18,21,22). The maximum atomic E-state index is 6.11. The van der Waals surface area contributed by atoms with Gasteiger partial charge in [0.1, 0.15) is 0 Å². The summed E-state index contributed by atoms with van der Waals surface area (Å²) in [4.78, 5) is 13.9. The molecule has 1 atom stereocenters. The number of nitrogens with one attached hydrogen (secondary N) is 2. The van der Waals surface area contributed by atoms with E-state index in [1.54, 1.807) is 6.34 Å². The Morgan fingerprint density at radius 1 is 1.36 bits per heavy atom. The number of hydrogen-bond acceptors (Lipinski definition) is 6. The number of rotatable bonds is 5. The summed E-state index contributed by atoms with van der Waals surface area (Å²) in [6.07, 6.45) is 5.23. The first-order valence-corrected chi connectivity index (χ1v) is 8.02. The SMILES string of the molecule is CCCNc1nc(C2=C(C3CC3)N=CNC2C)nc(C)c1N. The summed E-state index contributed by atoms with van der Waals surface area (Å²) >= 11 is 0. The van der Waals surface area contributed by atoms with Crippen LogP contribution in [0.15, 0.2) is 10.7 Å².